The second-order valence-electron chi connectivity index (χ2n) is 5.84. The fraction of sp³-hybridized carbons (Fsp3) is 0.444. The Hall–Kier alpha value is -1.94. The average molecular weight is 297 g/mol. The highest BCUT2D eigenvalue weighted by molar-refractivity contribution is 5.35. The number of methoxy groups -OCH3 is 1. The van der Waals surface area contributed by atoms with Gasteiger partial charge in [-0.05, 0) is 55.4 Å². The van der Waals surface area contributed by atoms with Gasteiger partial charge in [0.25, 0.3) is 0 Å². The number of pyridine rings is 2. The maximum absolute atomic E-state index is 5.31. The van der Waals surface area contributed by atoms with Crippen molar-refractivity contribution in [1.82, 2.24) is 15.3 Å². The van der Waals surface area contributed by atoms with Gasteiger partial charge in [0.1, 0.15) is 5.75 Å². The number of rotatable bonds is 5. The molecule has 0 radical (unpaired) electrons. The highest BCUT2D eigenvalue weighted by Crippen LogP contribution is 2.20. The van der Waals surface area contributed by atoms with Crippen LogP contribution < -0.4 is 10.1 Å². The van der Waals surface area contributed by atoms with Gasteiger partial charge in [0.15, 0.2) is 0 Å². The number of aryl methyl sites for hydroxylation is 2. The third-order valence-electron chi connectivity index (χ3n) is 4.35. The molecular formula is C18H23N3O. The number of nitrogens with zero attached hydrogens (tertiary/aromatic N) is 2. The molecule has 116 valence electrons. The fourth-order valence-electron chi connectivity index (χ4n) is 2.98. The van der Waals surface area contributed by atoms with Gasteiger partial charge in [-0.15, -0.1) is 0 Å². The Morgan fingerprint density at radius 1 is 1.14 bits per heavy atom. The average Bonchev–Trinajstić information content (AvgIpc) is 2.56. The lowest BCUT2D eigenvalue weighted by atomic mass is 9.96. The van der Waals surface area contributed by atoms with Crippen LogP contribution in [0.3, 0.4) is 0 Å². The van der Waals surface area contributed by atoms with Crippen LogP contribution in [-0.4, -0.2) is 17.1 Å². The van der Waals surface area contributed by atoms with Crippen LogP contribution in [0.1, 0.15) is 40.9 Å². The Balaban J connectivity index is 1.61. The van der Waals surface area contributed by atoms with Crippen LogP contribution in [0.15, 0.2) is 24.5 Å². The van der Waals surface area contributed by atoms with Crippen molar-refractivity contribution in [3.05, 3.63) is 52.6 Å². The first-order chi connectivity index (χ1) is 10.8. The van der Waals surface area contributed by atoms with Gasteiger partial charge in [-0.2, -0.15) is 0 Å². The molecular weight excluding hydrogens is 274 g/mol. The standard InChI is InChI=1S/C18H23N3O/c1-13-15(10-20-12-18(13)22-2)9-19-11-16-8-7-14-5-3-4-6-17(14)21-16/h7-8,10,12,19H,3-6,9,11H2,1-2H3. The molecule has 22 heavy (non-hydrogen) atoms. The van der Waals surface area contributed by atoms with Crippen LogP contribution in [0, 0.1) is 6.92 Å². The van der Waals surface area contributed by atoms with E-state index in [0.29, 0.717) is 0 Å². The van der Waals surface area contributed by atoms with E-state index in [9.17, 15) is 0 Å². The zero-order valence-electron chi connectivity index (χ0n) is 13.4. The maximum atomic E-state index is 5.31. The Bertz CT molecular complexity index is 655. The lowest BCUT2D eigenvalue weighted by Crippen LogP contribution is -2.16. The van der Waals surface area contributed by atoms with Gasteiger partial charge in [-0.1, -0.05) is 6.07 Å². The van der Waals surface area contributed by atoms with Crippen molar-refractivity contribution in [2.75, 3.05) is 7.11 Å². The molecule has 2 heterocycles. The number of hydrogen-bond donors (Lipinski definition) is 1. The summed E-state index contributed by atoms with van der Waals surface area (Å²) in [4.78, 5) is 9.02. The molecule has 0 saturated heterocycles. The zero-order valence-corrected chi connectivity index (χ0v) is 13.4. The summed E-state index contributed by atoms with van der Waals surface area (Å²) in [5.41, 5.74) is 6.16. The van der Waals surface area contributed by atoms with Gasteiger partial charge >= 0.3 is 0 Å². The molecule has 0 aromatic carbocycles. The number of fused-ring (bicyclic) bond motifs is 1. The Kier molecular flexibility index (Phi) is 4.68. The van der Waals surface area contributed by atoms with Crippen molar-refractivity contribution in [3.63, 3.8) is 0 Å². The third kappa shape index (κ3) is 3.28. The molecule has 0 spiro atoms. The van der Waals surface area contributed by atoms with Crippen LogP contribution in [0.5, 0.6) is 5.75 Å². The summed E-state index contributed by atoms with van der Waals surface area (Å²) in [5.74, 6) is 0.839. The van der Waals surface area contributed by atoms with Gasteiger partial charge < -0.3 is 10.1 Å². The molecule has 2 aromatic rings. The fourth-order valence-corrected chi connectivity index (χ4v) is 2.98. The van der Waals surface area contributed by atoms with Crippen molar-refractivity contribution in [3.8, 4) is 5.75 Å². The van der Waals surface area contributed by atoms with E-state index in [1.807, 2.05) is 6.20 Å². The number of ether oxygens (including phenoxy) is 1. The van der Waals surface area contributed by atoms with Crippen molar-refractivity contribution in [2.24, 2.45) is 0 Å². The maximum Gasteiger partial charge on any atom is 0.140 e. The second-order valence-corrected chi connectivity index (χ2v) is 5.84. The largest absolute Gasteiger partial charge is 0.495 e. The van der Waals surface area contributed by atoms with Crippen molar-refractivity contribution in [2.45, 2.75) is 45.7 Å². The van der Waals surface area contributed by atoms with E-state index < -0.39 is 0 Å². The minimum atomic E-state index is 0.773. The second kappa shape index (κ2) is 6.88. The van der Waals surface area contributed by atoms with Gasteiger partial charge in [-0.25, -0.2) is 0 Å². The lowest BCUT2D eigenvalue weighted by molar-refractivity contribution is 0.408. The molecule has 2 aromatic heterocycles. The molecule has 1 aliphatic rings. The van der Waals surface area contributed by atoms with Crippen LogP contribution in [-0.2, 0) is 25.9 Å². The Morgan fingerprint density at radius 2 is 2.00 bits per heavy atom. The van der Waals surface area contributed by atoms with Gasteiger partial charge in [0.05, 0.1) is 19.0 Å². The Labute approximate surface area is 132 Å². The normalized spacial score (nSPS) is 13.7. The summed E-state index contributed by atoms with van der Waals surface area (Å²) in [7, 11) is 1.68. The molecule has 0 fully saturated rings. The summed E-state index contributed by atoms with van der Waals surface area (Å²) < 4.78 is 5.31. The summed E-state index contributed by atoms with van der Waals surface area (Å²) in [5, 5.41) is 3.46. The topological polar surface area (TPSA) is 47.0 Å². The highest BCUT2D eigenvalue weighted by atomic mass is 16.5. The van der Waals surface area contributed by atoms with Crippen molar-refractivity contribution < 1.29 is 4.74 Å². The minimum Gasteiger partial charge on any atom is -0.495 e. The van der Waals surface area contributed by atoms with Crippen molar-refractivity contribution in [1.29, 1.82) is 0 Å². The minimum absolute atomic E-state index is 0.773. The zero-order chi connectivity index (χ0) is 15.4. The Morgan fingerprint density at radius 3 is 2.86 bits per heavy atom. The summed E-state index contributed by atoms with van der Waals surface area (Å²) in [6.45, 7) is 3.62. The first kappa shape index (κ1) is 15.0. The van der Waals surface area contributed by atoms with Crippen LogP contribution in [0.4, 0.5) is 0 Å². The molecule has 0 unspecified atom stereocenters. The quantitative estimate of drug-likeness (QED) is 0.921. The molecule has 0 bridgehead atoms. The predicted molar refractivity (Wildman–Crippen MR) is 86.9 cm³/mol. The van der Waals surface area contributed by atoms with Gasteiger partial charge in [0.2, 0.25) is 0 Å². The third-order valence-corrected chi connectivity index (χ3v) is 4.35. The van der Waals surface area contributed by atoms with Crippen LogP contribution in [0.25, 0.3) is 0 Å². The smallest absolute Gasteiger partial charge is 0.140 e. The molecule has 4 nitrogen and oxygen atoms in total. The molecule has 0 amide bonds. The molecule has 0 saturated carbocycles. The van der Waals surface area contributed by atoms with E-state index in [1.54, 1.807) is 13.3 Å². The van der Waals surface area contributed by atoms with Crippen LogP contribution >= 0.6 is 0 Å². The molecule has 1 N–H and O–H groups in total. The molecule has 0 aliphatic heterocycles. The summed E-state index contributed by atoms with van der Waals surface area (Å²) in [6, 6.07) is 4.39. The van der Waals surface area contributed by atoms with E-state index in [1.165, 1.54) is 30.5 Å². The van der Waals surface area contributed by atoms with E-state index in [2.05, 4.69) is 29.4 Å². The summed E-state index contributed by atoms with van der Waals surface area (Å²) >= 11 is 0. The van der Waals surface area contributed by atoms with Crippen LogP contribution in [0.2, 0.25) is 0 Å². The van der Waals surface area contributed by atoms with E-state index in [-0.39, 0.29) is 0 Å². The highest BCUT2D eigenvalue weighted by Gasteiger charge is 2.11. The lowest BCUT2D eigenvalue weighted by Gasteiger charge is -2.16. The molecule has 0 atom stereocenters. The van der Waals surface area contributed by atoms with Gasteiger partial charge in [0, 0.05) is 25.0 Å². The first-order valence-corrected chi connectivity index (χ1v) is 7.94. The summed E-state index contributed by atoms with van der Waals surface area (Å²) in [6.07, 6.45) is 8.53. The predicted octanol–water partition coefficient (Wildman–Crippen LogP) is 2.96. The van der Waals surface area contributed by atoms with E-state index in [4.69, 9.17) is 9.72 Å². The van der Waals surface area contributed by atoms with Gasteiger partial charge in [-0.3, -0.25) is 9.97 Å². The SMILES string of the molecule is COc1cncc(CNCc2ccc3c(n2)CCCC3)c1C. The number of nitrogens with one attached hydrogen (secondary N) is 1. The molecule has 4 heteroatoms. The number of aromatic nitrogens is 2. The molecule has 3 rings (SSSR count). The monoisotopic (exact) mass is 297 g/mol. The molecule has 1 aliphatic carbocycles. The van der Waals surface area contributed by atoms with Crippen molar-refractivity contribution >= 4 is 0 Å². The first-order valence-electron chi connectivity index (χ1n) is 7.94. The number of hydrogen-bond acceptors (Lipinski definition) is 4. The van der Waals surface area contributed by atoms with E-state index in [0.717, 1.165) is 42.1 Å². The van der Waals surface area contributed by atoms with E-state index >= 15 is 0 Å².